The Hall–Kier alpha value is -3.19. The zero-order valence-electron chi connectivity index (χ0n) is 16.3. The van der Waals surface area contributed by atoms with Gasteiger partial charge in [-0.05, 0) is 61.9 Å². The van der Waals surface area contributed by atoms with Crippen LogP contribution in [0.5, 0.6) is 0 Å². The van der Waals surface area contributed by atoms with E-state index in [9.17, 15) is 9.59 Å². The van der Waals surface area contributed by atoms with E-state index in [2.05, 4.69) is 48.0 Å². The summed E-state index contributed by atoms with van der Waals surface area (Å²) >= 11 is 1.68. The Morgan fingerprint density at radius 2 is 1.79 bits per heavy atom. The van der Waals surface area contributed by atoms with Crippen molar-refractivity contribution < 1.29 is 14.0 Å². The normalized spacial score (nSPS) is 10.4. The van der Waals surface area contributed by atoms with Gasteiger partial charge in [-0.25, -0.2) is 4.79 Å². The maximum Gasteiger partial charge on any atom is 0.315 e. The standard InChI is InChI=1S/C22H23N3O3S/c1-15-5-10-20(16(2)12-15)29-19-8-6-17(7-9-19)25-21(26)14-24-22(27)23-13-18-4-3-11-28-18/h3-12H,13-14H2,1-2H3,(H,25,26)(H2,23,24,27). The van der Waals surface area contributed by atoms with Gasteiger partial charge in [-0.3, -0.25) is 4.79 Å². The topological polar surface area (TPSA) is 83.4 Å². The van der Waals surface area contributed by atoms with Gasteiger partial charge < -0.3 is 20.4 Å². The number of amides is 3. The highest BCUT2D eigenvalue weighted by molar-refractivity contribution is 7.99. The molecule has 0 aliphatic heterocycles. The molecular formula is C22H23N3O3S. The fourth-order valence-electron chi connectivity index (χ4n) is 2.66. The first-order valence-electron chi connectivity index (χ1n) is 9.19. The van der Waals surface area contributed by atoms with Crippen LogP contribution in [-0.2, 0) is 11.3 Å². The van der Waals surface area contributed by atoms with Crippen LogP contribution in [0.1, 0.15) is 16.9 Å². The quantitative estimate of drug-likeness (QED) is 0.537. The fourth-order valence-corrected chi connectivity index (χ4v) is 3.54. The number of carbonyl (C=O) groups excluding carboxylic acids is 2. The summed E-state index contributed by atoms with van der Waals surface area (Å²) in [5.74, 6) is 0.344. The molecule has 3 N–H and O–H groups in total. The summed E-state index contributed by atoms with van der Waals surface area (Å²) in [7, 11) is 0. The molecule has 3 aromatic rings. The molecule has 0 spiro atoms. The van der Waals surface area contributed by atoms with Crippen molar-refractivity contribution in [2.45, 2.75) is 30.2 Å². The van der Waals surface area contributed by atoms with E-state index in [1.165, 1.54) is 22.3 Å². The van der Waals surface area contributed by atoms with Crippen LogP contribution >= 0.6 is 11.8 Å². The minimum atomic E-state index is -0.434. The lowest BCUT2D eigenvalue weighted by Gasteiger charge is -2.09. The van der Waals surface area contributed by atoms with Crippen molar-refractivity contribution in [3.8, 4) is 0 Å². The van der Waals surface area contributed by atoms with Crippen molar-refractivity contribution >= 4 is 29.4 Å². The molecule has 0 bridgehead atoms. The molecule has 1 aromatic heterocycles. The first-order chi connectivity index (χ1) is 14.0. The lowest BCUT2D eigenvalue weighted by Crippen LogP contribution is -2.39. The minimum Gasteiger partial charge on any atom is -0.467 e. The Bertz CT molecular complexity index is 969. The summed E-state index contributed by atoms with van der Waals surface area (Å²) in [5, 5.41) is 7.90. The van der Waals surface area contributed by atoms with Crippen molar-refractivity contribution in [2.75, 3.05) is 11.9 Å². The van der Waals surface area contributed by atoms with Gasteiger partial charge in [0.25, 0.3) is 0 Å². The summed E-state index contributed by atoms with van der Waals surface area (Å²) in [6, 6.07) is 17.1. The number of carbonyl (C=O) groups is 2. The monoisotopic (exact) mass is 409 g/mol. The molecule has 0 unspecified atom stereocenters. The highest BCUT2D eigenvalue weighted by atomic mass is 32.2. The summed E-state index contributed by atoms with van der Waals surface area (Å²) in [5.41, 5.74) is 3.16. The zero-order valence-corrected chi connectivity index (χ0v) is 17.1. The summed E-state index contributed by atoms with van der Waals surface area (Å²) < 4.78 is 5.12. The number of aryl methyl sites for hydroxylation is 2. The van der Waals surface area contributed by atoms with Gasteiger partial charge in [0.2, 0.25) is 5.91 Å². The summed E-state index contributed by atoms with van der Waals surface area (Å²) in [6.07, 6.45) is 1.54. The number of rotatable bonds is 7. The number of hydrogen-bond acceptors (Lipinski definition) is 4. The lowest BCUT2D eigenvalue weighted by molar-refractivity contribution is -0.115. The SMILES string of the molecule is Cc1ccc(Sc2ccc(NC(=O)CNC(=O)NCc3ccco3)cc2)c(C)c1. The molecule has 0 aliphatic carbocycles. The third-order valence-electron chi connectivity index (χ3n) is 4.11. The van der Waals surface area contributed by atoms with Gasteiger partial charge in [-0.2, -0.15) is 0 Å². The van der Waals surface area contributed by atoms with Crippen molar-refractivity contribution in [2.24, 2.45) is 0 Å². The number of urea groups is 1. The summed E-state index contributed by atoms with van der Waals surface area (Å²) in [6.45, 7) is 4.32. The molecular weight excluding hydrogens is 386 g/mol. The largest absolute Gasteiger partial charge is 0.467 e. The Balaban J connectivity index is 1.44. The molecule has 0 saturated carbocycles. The molecule has 0 atom stereocenters. The van der Waals surface area contributed by atoms with Gasteiger partial charge in [0.15, 0.2) is 0 Å². The van der Waals surface area contributed by atoms with Crippen molar-refractivity contribution in [3.05, 3.63) is 77.7 Å². The van der Waals surface area contributed by atoms with Gasteiger partial charge in [0, 0.05) is 15.5 Å². The van der Waals surface area contributed by atoms with Crippen LogP contribution in [0.25, 0.3) is 0 Å². The van der Waals surface area contributed by atoms with E-state index in [-0.39, 0.29) is 19.0 Å². The Morgan fingerprint density at radius 3 is 2.48 bits per heavy atom. The van der Waals surface area contributed by atoms with E-state index in [4.69, 9.17) is 4.42 Å². The molecule has 0 fully saturated rings. The first kappa shape index (κ1) is 20.5. The van der Waals surface area contributed by atoms with Crippen LogP contribution in [0, 0.1) is 13.8 Å². The average molecular weight is 410 g/mol. The van der Waals surface area contributed by atoms with Gasteiger partial charge in [0.1, 0.15) is 5.76 Å². The lowest BCUT2D eigenvalue weighted by atomic mass is 10.2. The van der Waals surface area contributed by atoms with Gasteiger partial charge in [0.05, 0.1) is 19.4 Å². The van der Waals surface area contributed by atoms with Crippen molar-refractivity contribution in [3.63, 3.8) is 0 Å². The molecule has 7 heteroatoms. The predicted octanol–water partition coefficient (Wildman–Crippen LogP) is 4.49. The van der Waals surface area contributed by atoms with Crippen LogP contribution in [0.4, 0.5) is 10.5 Å². The second-order valence-corrected chi connectivity index (χ2v) is 7.67. The maximum atomic E-state index is 12.0. The van der Waals surface area contributed by atoms with Crippen LogP contribution < -0.4 is 16.0 Å². The number of hydrogen-bond donors (Lipinski definition) is 3. The summed E-state index contributed by atoms with van der Waals surface area (Å²) in [4.78, 5) is 26.0. The van der Waals surface area contributed by atoms with Gasteiger partial charge in [-0.15, -0.1) is 0 Å². The van der Waals surface area contributed by atoms with E-state index in [0.717, 1.165) is 4.90 Å². The van der Waals surface area contributed by atoms with E-state index in [1.807, 2.05) is 24.3 Å². The van der Waals surface area contributed by atoms with E-state index >= 15 is 0 Å². The van der Waals surface area contributed by atoms with Gasteiger partial charge >= 0.3 is 6.03 Å². The van der Waals surface area contributed by atoms with E-state index in [1.54, 1.807) is 23.9 Å². The van der Waals surface area contributed by atoms with Crippen LogP contribution in [0.3, 0.4) is 0 Å². The number of benzene rings is 2. The second-order valence-electron chi connectivity index (χ2n) is 6.56. The molecule has 0 radical (unpaired) electrons. The molecule has 0 saturated heterocycles. The molecule has 3 amide bonds. The second kappa shape index (κ2) is 9.84. The Kier molecular flexibility index (Phi) is 6.97. The third kappa shape index (κ3) is 6.43. The van der Waals surface area contributed by atoms with Crippen LogP contribution in [0.2, 0.25) is 0 Å². The Labute approximate surface area is 174 Å². The number of anilines is 1. The maximum absolute atomic E-state index is 12.0. The van der Waals surface area contributed by atoms with Crippen molar-refractivity contribution in [1.82, 2.24) is 10.6 Å². The first-order valence-corrected chi connectivity index (χ1v) is 10.0. The van der Waals surface area contributed by atoms with Crippen LogP contribution in [0.15, 0.2) is 75.1 Å². The van der Waals surface area contributed by atoms with Crippen LogP contribution in [-0.4, -0.2) is 18.5 Å². The van der Waals surface area contributed by atoms with Gasteiger partial charge in [-0.1, -0.05) is 29.5 Å². The molecule has 0 aliphatic rings. The predicted molar refractivity (Wildman–Crippen MR) is 114 cm³/mol. The molecule has 3 rings (SSSR count). The van der Waals surface area contributed by atoms with E-state index in [0.29, 0.717) is 11.4 Å². The molecule has 1 heterocycles. The highest BCUT2D eigenvalue weighted by Crippen LogP contribution is 2.31. The number of furan rings is 1. The smallest absolute Gasteiger partial charge is 0.315 e. The van der Waals surface area contributed by atoms with Crippen molar-refractivity contribution in [1.29, 1.82) is 0 Å². The molecule has 150 valence electrons. The Morgan fingerprint density at radius 1 is 1.00 bits per heavy atom. The molecule has 29 heavy (non-hydrogen) atoms. The fraction of sp³-hybridized carbons (Fsp3) is 0.182. The average Bonchev–Trinajstić information content (AvgIpc) is 3.22. The number of nitrogens with one attached hydrogen (secondary N) is 3. The molecule has 2 aromatic carbocycles. The molecule has 6 nitrogen and oxygen atoms in total. The zero-order chi connectivity index (χ0) is 20.6. The highest BCUT2D eigenvalue weighted by Gasteiger charge is 2.07. The minimum absolute atomic E-state index is 0.122. The third-order valence-corrected chi connectivity index (χ3v) is 5.29. The van der Waals surface area contributed by atoms with E-state index < -0.39 is 6.03 Å².